The van der Waals surface area contributed by atoms with Crippen LogP contribution in [0, 0.1) is 0 Å². The van der Waals surface area contributed by atoms with Gasteiger partial charge in [0.2, 0.25) is 0 Å². The summed E-state index contributed by atoms with van der Waals surface area (Å²) < 4.78 is 4.94. The van der Waals surface area contributed by atoms with Crippen molar-refractivity contribution in [1.82, 2.24) is 0 Å². The Morgan fingerprint density at radius 1 is 1.20 bits per heavy atom. The van der Waals surface area contributed by atoms with Crippen LogP contribution in [-0.2, 0) is 4.74 Å². The average molecular weight is 92.3 g/mol. The molecule has 0 aromatic heterocycles. The zero-order valence-corrected chi connectivity index (χ0v) is 3.24. The summed E-state index contributed by atoms with van der Waals surface area (Å²) in [5, 5.41) is 0. The Morgan fingerprint density at radius 2 is 1.80 bits per heavy atom. The molecule has 0 aliphatic carbocycles. The molecule has 1 rings (SSSR count). The minimum absolute atomic E-state index is 0. The van der Waals surface area contributed by atoms with Crippen LogP contribution in [-0.4, -0.2) is 13.2 Å². The summed E-state index contributed by atoms with van der Waals surface area (Å²) in [4.78, 5) is 0. The number of hydrogen-bond acceptors (Lipinski definition) is 1. The van der Waals surface area contributed by atoms with Crippen LogP contribution >= 0.6 is 0 Å². The molecular weight excluding hydrogens is 64.0 g/mol. The summed E-state index contributed by atoms with van der Waals surface area (Å²) in [6.45, 7) is 2.00. The van der Waals surface area contributed by atoms with Gasteiger partial charge in [-0.3, -0.25) is 0 Å². The summed E-state index contributed by atoms with van der Waals surface area (Å²) in [6.07, 6.45) is 2.56. The van der Waals surface area contributed by atoms with Gasteiger partial charge in [0.15, 0.2) is 0 Å². The summed E-state index contributed by atoms with van der Waals surface area (Å²) in [6, 6.07) is 0. The molecule has 1 heterocycles. The molecule has 0 saturated carbocycles. The first-order chi connectivity index (χ1) is 2.50. The van der Waals surface area contributed by atoms with Crippen molar-refractivity contribution >= 4 is 0 Å². The van der Waals surface area contributed by atoms with E-state index in [0.717, 1.165) is 13.2 Å². The molecule has 0 aromatic carbocycles. The lowest BCUT2D eigenvalue weighted by molar-refractivity contribution is 0.198. The zero-order valence-electron chi connectivity index (χ0n) is 3.24. The maximum Gasteiger partial charge on any atom is 0.0466 e. The van der Waals surface area contributed by atoms with Gasteiger partial charge in [-0.15, -0.1) is 0 Å². The Bertz CT molecular complexity index is 29.0. The first-order valence-electron chi connectivity index (χ1n) is 2.08. The molecule has 0 unspecified atom stereocenters. The highest BCUT2D eigenvalue weighted by Crippen LogP contribution is 1.98. The molecule has 1 aliphatic rings. The molecule has 0 bridgehead atoms. The first-order valence-corrected chi connectivity index (χ1v) is 2.08. The van der Waals surface area contributed by atoms with E-state index in [1.165, 1.54) is 12.8 Å². The molecule has 1 saturated heterocycles. The Labute approximate surface area is 46.8 Å². The Hall–Kier alpha value is -0.0400. The quantitative estimate of drug-likeness (QED) is 0.445. The highest BCUT2D eigenvalue weighted by atomic mass is 16.5. The molecular formula is C4H28O. The molecule has 5 heavy (non-hydrogen) atoms. The fraction of sp³-hybridized carbons (Fsp3) is 1.00. The number of rotatable bonds is 0. The molecule has 0 amide bonds. The maximum absolute atomic E-state index is 4.94. The minimum atomic E-state index is 0. The van der Waals surface area contributed by atoms with Crippen molar-refractivity contribution in [1.29, 1.82) is 0 Å². The molecule has 1 fully saturated rings. The van der Waals surface area contributed by atoms with Crippen molar-refractivity contribution < 1.29 is 19.0 Å². The van der Waals surface area contributed by atoms with Crippen molar-refractivity contribution in [3.8, 4) is 0 Å². The van der Waals surface area contributed by atoms with Gasteiger partial charge in [-0.1, -0.05) is 0 Å². The van der Waals surface area contributed by atoms with Crippen LogP contribution in [0.25, 0.3) is 0 Å². The fourth-order valence-electron chi connectivity index (χ4n) is 0.510. The van der Waals surface area contributed by atoms with Gasteiger partial charge in [-0.2, -0.15) is 0 Å². The lowest BCUT2D eigenvalue weighted by Crippen LogP contribution is -1.74. The molecule has 0 N–H and O–H groups in total. The lowest BCUT2D eigenvalue weighted by Gasteiger charge is -1.76. The second-order valence-electron chi connectivity index (χ2n) is 1.32. The van der Waals surface area contributed by atoms with E-state index in [4.69, 9.17) is 4.74 Å². The second-order valence-corrected chi connectivity index (χ2v) is 1.32. The van der Waals surface area contributed by atoms with Gasteiger partial charge >= 0.3 is 0 Å². The van der Waals surface area contributed by atoms with E-state index >= 15 is 0 Å². The highest BCUT2D eigenvalue weighted by Gasteiger charge is 1.94. The van der Waals surface area contributed by atoms with Crippen molar-refractivity contribution in [2.24, 2.45) is 0 Å². The molecule has 1 aliphatic heterocycles. The Kier molecular flexibility index (Phi) is 0.892. The summed E-state index contributed by atoms with van der Waals surface area (Å²) >= 11 is 0. The van der Waals surface area contributed by atoms with Crippen molar-refractivity contribution in [3.63, 3.8) is 0 Å². The molecule has 1 nitrogen and oxygen atoms in total. The fourth-order valence-corrected chi connectivity index (χ4v) is 0.510. The predicted octanol–water partition coefficient (Wildman–Crippen LogP) is 3.26. The van der Waals surface area contributed by atoms with Crippen LogP contribution in [0.2, 0.25) is 0 Å². The maximum atomic E-state index is 4.94. The van der Waals surface area contributed by atoms with E-state index < -0.39 is 0 Å². The van der Waals surface area contributed by atoms with Gasteiger partial charge in [0.05, 0.1) is 0 Å². The van der Waals surface area contributed by atoms with Gasteiger partial charge in [0, 0.05) is 27.5 Å². The molecule has 0 spiro atoms. The first kappa shape index (κ1) is 3.16. The zero-order chi connectivity index (χ0) is 3.54. The van der Waals surface area contributed by atoms with Gasteiger partial charge < -0.3 is 4.74 Å². The van der Waals surface area contributed by atoms with Gasteiger partial charge in [-0.25, -0.2) is 0 Å². The summed E-state index contributed by atoms with van der Waals surface area (Å²) in [5.74, 6) is 0. The van der Waals surface area contributed by atoms with E-state index in [1.807, 2.05) is 0 Å². The van der Waals surface area contributed by atoms with Crippen molar-refractivity contribution in [3.05, 3.63) is 0 Å². The Morgan fingerprint density at radius 3 is 2.00 bits per heavy atom. The smallest absolute Gasteiger partial charge is 0.0466 e. The minimum Gasteiger partial charge on any atom is -0.381 e. The van der Waals surface area contributed by atoms with Crippen LogP contribution in [0.1, 0.15) is 27.1 Å². The normalized spacial score (nSPS) is 24.0. The SMILES string of the molecule is C1CCOC1.[HH].[HH].[HH].[HH].[HH].[HH].[HH].[HH].[HH].[HH]. The summed E-state index contributed by atoms with van der Waals surface area (Å²) in [7, 11) is 0. The summed E-state index contributed by atoms with van der Waals surface area (Å²) in [5.41, 5.74) is 0. The van der Waals surface area contributed by atoms with E-state index in [0.29, 0.717) is 0 Å². The largest absolute Gasteiger partial charge is 0.381 e. The van der Waals surface area contributed by atoms with Crippen LogP contribution in [0.5, 0.6) is 0 Å². The third-order valence-corrected chi connectivity index (χ3v) is 0.827. The van der Waals surface area contributed by atoms with Crippen molar-refractivity contribution in [2.75, 3.05) is 13.2 Å². The molecule has 0 radical (unpaired) electrons. The third-order valence-electron chi connectivity index (χ3n) is 0.827. The number of hydrogen-bond donors (Lipinski definition) is 0. The van der Waals surface area contributed by atoms with Gasteiger partial charge in [0.1, 0.15) is 0 Å². The van der Waals surface area contributed by atoms with Crippen LogP contribution in [0.15, 0.2) is 0 Å². The highest BCUT2D eigenvalue weighted by molar-refractivity contribution is 4.43. The third kappa shape index (κ3) is 0.618. The van der Waals surface area contributed by atoms with Crippen molar-refractivity contribution in [2.45, 2.75) is 12.8 Å². The van der Waals surface area contributed by atoms with E-state index in [-0.39, 0.29) is 14.3 Å². The van der Waals surface area contributed by atoms with E-state index in [9.17, 15) is 0 Å². The molecule has 0 atom stereocenters. The topological polar surface area (TPSA) is 9.23 Å². The molecule has 1 heteroatoms. The van der Waals surface area contributed by atoms with Crippen LogP contribution in [0.4, 0.5) is 0 Å². The van der Waals surface area contributed by atoms with Crippen LogP contribution < -0.4 is 0 Å². The predicted molar refractivity (Wildman–Crippen MR) is 41.2 cm³/mol. The standard InChI is InChI=1S/C4H8O.10H2/c1-2-4-5-3-1;;;;;;;;;;/h1-4H2;10*1H. The average Bonchev–Trinajstić information content (AvgIpc) is 1.76. The van der Waals surface area contributed by atoms with Crippen LogP contribution in [0.3, 0.4) is 0 Å². The van der Waals surface area contributed by atoms with Gasteiger partial charge in [-0.05, 0) is 12.8 Å². The van der Waals surface area contributed by atoms with E-state index in [2.05, 4.69) is 0 Å². The Balaban J connectivity index is -0.00000000312. The molecule has 0 aromatic rings. The molecule has 50 valence electrons. The van der Waals surface area contributed by atoms with Gasteiger partial charge in [0.25, 0.3) is 0 Å². The monoisotopic (exact) mass is 92.2 g/mol. The lowest BCUT2D eigenvalue weighted by atomic mass is 10.4. The van der Waals surface area contributed by atoms with E-state index in [1.54, 1.807) is 0 Å². The second kappa shape index (κ2) is 1.41. The number of ether oxygens (including phenoxy) is 1.